The number of hydrogen-bond acceptors (Lipinski definition) is 5. The molecule has 0 amide bonds. The van der Waals surface area contributed by atoms with Gasteiger partial charge in [0.05, 0.1) is 12.4 Å². The lowest BCUT2D eigenvalue weighted by Gasteiger charge is -2.39. The normalized spacial score (nSPS) is 25.1. The monoisotopic (exact) mass is 344 g/mol. The van der Waals surface area contributed by atoms with Crippen LogP contribution in [0.15, 0.2) is 24.3 Å². The highest BCUT2D eigenvalue weighted by Gasteiger charge is 2.39. The third-order valence-electron chi connectivity index (χ3n) is 4.21. The van der Waals surface area contributed by atoms with Crippen molar-refractivity contribution in [1.29, 1.82) is 0 Å². The van der Waals surface area contributed by atoms with Crippen LogP contribution in [-0.4, -0.2) is 33.4 Å². The van der Waals surface area contributed by atoms with Gasteiger partial charge in [0.2, 0.25) is 0 Å². The van der Waals surface area contributed by atoms with Crippen LogP contribution in [0.4, 0.5) is 4.39 Å². The molecular formula is C16H21FO5S. The molecule has 0 aromatic heterocycles. The number of rotatable bonds is 5. The second-order valence-electron chi connectivity index (χ2n) is 6.07. The lowest BCUT2D eigenvalue weighted by molar-refractivity contribution is -0.143. The predicted molar refractivity (Wildman–Crippen MR) is 82.9 cm³/mol. The molecule has 2 rings (SSSR count). The van der Waals surface area contributed by atoms with Gasteiger partial charge in [-0.2, -0.15) is 8.42 Å². The molecule has 0 atom stereocenters. The molecule has 5 nitrogen and oxygen atoms in total. The Kier molecular flexibility index (Phi) is 5.41. The summed E-state index contributed by atoms with van der Waals surface area (Å²) in [5.74, 6) is -0.702. The molecular weight excluding hydrogens is 323 g/mol. The first kappa shape index (κ1) is 17.9. The van der Waals surface area contributed by atoms with Crippen LogP contribution >= 0.6 is 0 Å². The molecule has 128 valence electrons. The molecule has 7 heteroatoms. The Morgan fingerprint density at radius 2 is 1.83 bits per heavy atom. The first-order chi connectivity index (χ1) is 10.7. The topological polar surface area (TPSA) is 69.7 Å². The molecule has 0 radical (unpaired) electrons. The van der Waals surface area contributed by atoms with E-state index in [1.165, 1.54) is 19.1 Å². The Hall–Kier alpha value is -1.47. The highest BCUT2D eigenvalue weighted by molar-refractivity contribution is 7.86. The van der Waals surface area contributed by atoms with E-state index in [1.54, 1.807) is 12.1 Å². The van der Waals surface area contributed by atoms with Crippen LogP contribution in [0.25, 0.3) is 0 Å². The van der Waals surface area contributed by atoms with E-state index in [-0.39, 0.29) is 24.5 Å². The average Bonchev–Trinajstić information content (AvgIpc) is 2.46. The molecule has 0 bridgehead atoms. The predicted octanol–water partition coefficient (Wildman–Crippen LogP) is 2.55. The van der Waals surface area contributed by atoms with E-state index >= 15 is 0 Å². The van der Waals surface area contributed by atoms with E-state index < -0.39 is 15.5 Å². The number of halogens is 1. The summed E-state index contributed by atoms with van der Waals surface area (Å²) in [7, 11) is -3.49. The fourth-order valence-electron chi connectivity index (χ4n) is 3.05. The van der Waals surface area contributed by atoms with E-state index in [9.17, 15) is 17.6 Å². The maximum absolute atomic E-state index is 13.2. The Morgan fingerprint density at radius 3 is 2.30 bits per heavy atom. The first-order valence-corrected chi connectivity index (χ1v) is 9.29. The van der Waals surface area contributed by atoms with Crippen molar-refractivity contribution in [1.82, 2.24) is 0 Å². The maximum atomic E-state index is 13.2. The van der Waals surface area contributed by atoms with Crippen molar-refractivity contribution >= 4 is 16.1 Å². The molecule has 0 spiro atoms. The van der Waals surface area contributed by atoms with Crippen molar-refractivity contribution < 1.29 is 26.5 Å². The molecule has 0 saturated heterocycles. The third kappa shape index (κ3) is 5.00. The maximum Gasteiger partial charge on any atom is 0.302 e. The van der Waals surface area contributed by atoms with Crippen LogP contribution in [0.3, 0.4) is 0 Å². The van der Waals surface area contributed by atoms with E-state index in [4.69, 9.17) is 8.92 Å². The molecule has 1 fully saturated rings. The molecule has 1 aliphatic carbocycles. The van der Waals surface area contributed by atoms with Crippen LogP contribution < -0.4 is 0 Å². The van der Waals surface area contributed by atoms with Crippen LogP contribution in [0.1, 0.15) is 38.2 Å². The van der Waals surface area contributed by atoms with Crippen molar-refractivity contribution in [3.05, 3.63) is 35.6 Å². The number of carbonyl (C=O) groups is 1. The summed E-state index contributed by atoms with van der Waals surface area (Å²) in [5.41, 5.74) is 0.453. The minimum Gasteiger partial charge on any atom is -0.465 e. The van der Waals surface area contributed by atoms with Gasteiger partial charge >= 0.3 is 5.97 Å². The van der Waals surface area contributed by atoms with E-state index in [2.05, 4.69) is 0 Å². The summed E-state index contributed by atoms with van der Waals surface area (Å²) in [6, 6.07) is 6.14. The zero-order chi connectivity index (χ0) is 17.1. The molecule has 1 aromatic rings. The van der Waals surface area contributed by atoms with E-state index in [0.717, 1.165) is 11.8 Å². The van der Waals surface area contributed by atoms with Gasteiger partial charge in [0.15, 0.2) is 0 Å². The van der Waals surface area contributed by atoms with Gasteiger partial charge < -0.3 is 4.74 Å². The Balaban J connectivity index is 2.17. The van der Waals surface area contributed by atoms with Crippen molar-refractivity contribution in [2.24, 2.45) is 0 Å². The standard InChI is InChI=1S/C16H21FO5S/c1-12(18)21-11-16(13-3-5-14(17)6-4-13)9-7-15(8-10-16)22-23(2,19)20/h3-6,15H,7-11H2,1-2H3/t15-,16+. The molecule has 1 saturated carbocycles. The van der Waals surface area contributed by atoms with Gasteiger partial charge in [-0.3, -0.25) is 8.98 Å². The summed E-state index contributed by atoms with van der Waals surface area (Å²) in [6.07, 6.45) is 2.94. The van der Waals surface area contributed by atoms with Gasteiger partial charge in [-0.15, -0.1) is 0 Å². The lowest BCUT2D eigenvalue weighted by Crippen LogP contribution is -2.39. The number of benzene rings is 1. The second-order valence-corrected chi connectivity index (χ2v) is 7.67. The largest absolute Gasteiger partial charge is 0.465 e. The quantitative estimate of drug-likeness (QED) is 0.606. The number of esters is 1. The Labute approximate surface area is 135 Å². The summed E-state index contributed by atoms with van der Waals surface area (Å²) < 4.78 is 45.9. The van der Waals surface area contributed by atoms with E-state index in [0.29, 0.717) is 25.7 Å². The van der Waals surface area contributed by atoms with E-state index in [1.807, 2.05) is 0 Å². The number of carbonyl (C=O) groups excluding carboxylic acids is 1. The van der Waals surface area contributed by atoms with Crippen LogP contribution in [-0.2, 0) is 29.2 Å². The fourth-order valence-corrected chi connectivity index (χ4v) is 3.73. The summed E-state index contributed by atoms with van der Waals surface area (Å²) in [6.45, 7) is 1.54. The smallest absolute Gasteiger partial charge is 0.302 e. The minimum absolute atomic E-state index is 0.194. The lowest BCUT2D eigenvalue weighted by atomic mass is 9.69. The van der Waals surface area contributed by atoms with Gasteiger partial charge in [-0.05, 0) is 43.4 Å². The number of ether oxygens (including phenoxy) is 1. The average molecular weight is 344 g/mol. The molecule has 0 heterocycles. The molecule has 1 aliphatic rings. The van der Waals surface area contributed by atoms with Gasteiger partial charge in [0.1, 0.15) is 12.4 Å². The zero-order valence-corrected chi connectivity index (χ0v) is 14.1. The number of hydrogen-bond donors (Lipinski definition) is 0. The van der Waals surface area contributed by atoms with Gasteiger partial charge in [0.25, 0.3) is 10.1 Å². The molecule has 23 heavy (non-hydrogen) atoms. The van der Waals surface area contributed by atoms with Gasteiger partial charge in [0, 0.05) is 12.3 Å². The summed E-state index contributed by atoms with van der Waals surface area (Å²) in [4.78, 5) is 11.2. The van der Waals surface area contributed by atoms with Crippen molar-refractivity contribution in [3.8, 4) is 0 Å². The van der Waals surface area contributed by atoms with Gasteiger partial charge in [-0.1, -0.05) is 12.1 Å². The molecule has 0 N–H and O–H groups in total. The van der Waals surface area contributed by atoms with Crippen molar-refractivity contribution in [2.75, 3.05) is 12.9 Å². The second kappa shape index (κ2) is 6.97. The first-order valence-electron chi connectivity index (χ1n) is 7.48. The van der Waals surface area contributed by atoms with Crippen molar-refractivity contribution in [2.45, 2.75) is 44.1 Å². The van der Waals surface area contributed by atoms with Crippen LogP contribution in [0, 0.1) is 5.82 Å². The molecule has 0 aliphatic heterocycles. The summed E-state index contributed by atoms with van der Waals surface area (Å²) >= 11 is 0. The highest BCUT2D eigenvalue weighted by atomic mass is 32.2. The highest BCUT2D eigenvalue weighted by Crippen LogP contribution is 2.41. The fraction of sp³-hybridized carbons (Fsp3) is 0.562. The summed E-state index contributed by atoms with van der Waals surface area (Å²) in [5, 5.41) is 0. The Morgan fingerprint density at radius 1 is 1.26 bits per heavy atom. The van der Waals surface area contributed by atoms with Crippen LogP contribution in [0.2, 0.25) is 0 Å². The molecule has 0 unspecified atom stereocenters. The zero-order valence-electron chi connectivity index (χ0n) is 13.2. The van der Waals surface area contributed by atoms with Crippen molar-refractivity contribution in [3.63, 3.8) is 0 Å². The molecule has 1 aromatic carbocycles. The minimum atomic E-state index is -3.49. The third-order valence-corrected chi connectivity index (χ3v) is 4.83. The SMILES string of the molecule is CC(=O)OC[C@]1(c2ccc(F)cc2)CC[C@@H](OS(C)(=O)=O)CC1. The van der Waals surface area contributed by atoms with Crippen LogP contribution in [0.5, 0.6) is 0 Å². The Bertz CT molecular complexity index is 646. The van der Waals surface area contributed by atoms with Gasteiger partial charge in [-0.25, -0.2) is 4.39 Å².